The smallest absolute Gasteiger partial charge is 0.317 e. The van der Waals surface area contributed by atoms with E-state index in [0.29, 0.717) is 24.9 Å². The molecule has 0 atom stereocenters. The Bertz CT molecular complexity index is 708. The zero-order chi connectivity index (χ0) is 18.9. The lowest BCUT2D eigenvalue weighted by Gasteiger charge is -2.38. The third-order valence-corrected chi connectivity index (χ3v) is 5.08. The summed E-state index contributed by atoms with van der Waals surface area (Å²) < 4.78 is 13.5. The van der Waals surface area contributed by atoms with Crippen molar-refractivity contribution < 1.29 is 9.18 Å². The number of nitrogens with zero attached hydrogens (tertiary/aromatic N) is 2. The number of carbonyl (C=O) groups excluding carboxylic acids is 1. The van der Waals surface area contributed by atoms with Gasteiger partial charge in [0.25, 0.3) is 0 Å². The molecule has 26 heavy (non-hydrogen) atoms. The van der Waals surface area contributed by atoms with Crippen LogP contribution in [0.3, 0.4) is 0 Å². The molecule has 0 aromatic heterocycles. The minimum Gasteiger partial charge on any atom is -0.365 e. The third-order valence-electron chi connectivity index (χ3n) is 4.67. The van der Waals surface area contributed by atoms with Crippen LogP contribution >= 0.6 is 11.6 Å². The zero-order valence-corrected chi connectivity index (χ0v) is 16.2. The van der Waals surface area contributed by atoms with Gasteiger partial charge in [0.2, 0.25) is 0 Å². The molecule has 0 unspecified atom stereocenters. The summed E-state index contributed by atoms with van der Waals surface area (Å²) in [5, 5.41) is 6.90. The highest BCUT2D eigenvalue weighted by Gasteiger charge is 2.32. The summed E-state index contributed by atoms with van der Waals surface area (Å²) in [6.45, 7) is 7.93. The number of hydrogen-bond acceptors (Lipinski definition) is 3. The highest BCUT2D eigenvalue weighted by Crippen LogP contribution is 2.31. The maximum atomic E-state index is 13.5. The Balaban J connectivity index is 1.63. The topological polar surface area (TPSA) is 47.6 Å². The third kappa shape index (κ3) is 4.23. The minimum absolute atomic E-state index is 0.0161. The maximum Gasteiger partial charge on any atom is 0.317 e. The Labute approximate surface area is 159 Å². The van der Waals surface area contributed by atoms with E-state index < -0.39 is 0 Å². The molecule has 2 aliphatic rings. The van der Waals surface area contributed by atoms with Gasteiger partial charge in [0.1, 0.15) is 11.0 Å². The Kier molecular flexibility index (Phi) is 5.32. The fourth-order valence-electron chi connectivity index (χ4n) is 3.39. The number of halogens is 2. The van der Waals surface area contributed by atoms with Crippen LogP contribution in [0.1, 0.15) is 39.2 Å². The summed E-state index contributed by atoms with van der Waals surface area (Å²) in [5.41, 5.74) is 1.28. The van der Waals surface area contributed by atoms with E-state index in [9.17, 15) is 9.18 Å². The number of hydrogen-bond donors (Lipinski definition) is 2. The molecule has 1 aromatic rings. The lowest BCUT2D eigenvalue weighted by molar-refractivity contribution is 0.141. The van der Waals surface area contributed by atoms with Crippen LogP contribution in [0.25, 0.3) is 5.70 Å². The second-order valence-electron chi connectivity index (χ2n) is 7.88. The highest BCUT2D eigenvalue weighted by molar-refractivity contribution is 6.32. The molecular weight excluding hydrogens is 355 g/mol. The van der Waals surface area contributed by atoms with Crippen LogP contribution in [0.5, 0.6) is 0 Å². The summed E-state index contributed by atoms with van der Waals surface area (Å²) in [5.74, 6) is -0.280. The predicted molar refractivity (Wildman–Crippen MR) is 102 cm³/mol. The van der Waals surface area contributed by atoms with E-state index in [4.69, 9.17) is 11.6 Å². The first-order valence-corrected chi connectivity index (χ1v) is 9.36. The summed E-state index contributed by atoms with van der Waals surface area (Å²) in [6, 6.07) is 6.67. The second kappa shape index (κ2) is 7.35. The van der Waals surface area contributed by atoms with Gasteiger partial charge in [-0.15, -0.1) is 0 Å². The molecule has 1 fully saturated rings. The summed E-state index contributed by atoms with van der Waals surface area (Å²) in [6.07, 6.45) is 1.71. The highest BCUT2D eigenvalue weighted by atomic mass is 35.5. The number of urea groups is 1. The summed E-state index contributed by atoms with van der Waals surface area (Å²) in [4.78, 5) is 16.3. The second-order valence-corrected chi connectivity index (χ2v) is 8.24. The van der Waals surface area contributed by atoms with Gasteiger partial charge in [0.05, 0.1) is 12.4 Å². The van der Waals surface area contributed by atoms with E-state index in [1.165, 1.54) is 12.1 Å². The van der Waals surface area contributed by atoms with Gasteiger partial charge in [-0.3, -0.25) is 0 Å². The van der Waals surface area contributed by atoms with Gasteiger partial charge in [-0.05, 0) is 45.7 Å². The molecule has 0 saturated carbocycles. The molecule has 2 amide bonds. The summed E-state index contributed by atoms with van der Waals surface area (Å²) in [7, 11) is 0. The van der Waals surface area contributed by atoms with Gasteiger partial charge in [0, 0.05) is 30.2 Å². The first-order chi connectivity index (χ1) is 12.2. The van der Waals surface area contributed by atoms with E-state index >= 15 is 0 Å². The number of piperidine rings is 1. The van der Waals surface area contributed by atoms with E-state index in [-0.39, 0.29) is 23.4 Å². The van der Waals surface area contributed by atoms with Crippen molar-refractivity contribution in [2.75, 3.05) is 19.8 Å². The molecule has 0 bridgehead atoms. The van der Waals surface area contributed by atoms with Crippen LogP contribution in [-0.2, 0) is 0 Å². The van der Waals surface area contributed by atoms with Crippen LogP contribution in [0.4, 0.5) is 9.18 Å². The fraction of sp³-hybridized carbons (Fsp3) is 0.526. The van der Waals surface area contributed by atoms with Crippen LogP contribution in [0, 0.1) is 5.82 Å². The van der Waals surface area contributed by atoms with Gasteiger partial charge in [-0.25, -0.2) is 9.18 Å². The first-order valence-electron chi connectivity index (χ1n) is 8.98. The average molecular weight is 381 g/mol. The Morgan fingerprint density at radius 3 is 2.62 bits per heavy atom. The molecule has 5 nitrogen and oxygen atoms in total. The molecule has 0 aliphatic carbocycles. The number of amides is 2. The van der Waals surface area contributed by atoms with Gasteiger partial charge >= 0.3 is 6.03 Å². The Morgan fingerprint density at radius 1 is 1.31 bits per heavy atom. The SMILES string of the molecule is CC(C)(C)NC(=O)N1CCC(N2CNC(c3cccc(F)c3)=C2Cl)CC1. The number of rotatable bonds is 2. The monoisotopic (exact) mass is 380 g/mol. The van der Waals surface area contributed by atoms with Crippen LogP contribution < -0.4 is 10.6 Å². The van der Waals surface area contributed by atoms with E-state index in [1.54, 1.807) is 6.07 Å². The number of likely N-dealkylation sites (tertiary alicyclic amines) is 1. The molecule has 2 heterocycles. The van der Waals surface area contributed by atoms with Crippen molar-refractivity contribution in [2.45, 2.75) is 45.2 Å². The molecule has 2 N–H and O–H groups in total. The van der Waals surface area contributed by atoms with Crippen molar-refractivity contribution in [3.05, 3.63) is 40.8 Å². The molecule has 2 aliphatic heterocycles. The molecule has 7 heteroatoms. The van der Waals surface area contributed by atoms with Crippen molar-refractivity contribution in [3.8, 4) is 0 Å². The number of carbonyl (C=O) groups is 1. The number of benzene rings is 1. The lowest BCUT2D eigenvalue weighted by Crippen LogP contribution is -2.53. The molecule has 1 aromatic carbocycles. The Morgan fingerprint density at radius 2 is 2.00 bits per heavy atom. The van der Waals surface area contributed by atoms with Crippen molar-refractivity contribution in [2.24, 2.45) is 0 Å². The van der Waals surface area contributed by atoms with E-state index in [0.717, 1.165) is 24.1 Å². The van der Waals surface area contributed by atoms with Crippen LogP contribution in [-0.4, -0.2) is 47.2 Å². The predicted octanol–water partition coefficient (Wildman–Crippen LogP) is 3.53. The van der Waals surface area contributed by atoms with Crippen molar-refractivity contribution in [1.82, 2.24) is 20.4 Å². The molecular formula is C19H26ClFN4O. The van der Waals surface area contributed by atoms with Crippen LogP contribution in [0.2, 0.25) is 0 Å². The first kappa shape index (κ1) is 18.8. The maximum absolute atomic E-state index is 13.5. The van der Waals surface area contributed by atoms with Crippen molar-refractivity contribution >= 4 is 23.3 Å². The van der Waals surface area contributed by atoms with Crippen LogP contribution in [0.15, 0.2) is 29.4 Å². The number of nitrogens with one attached hydrogen (secondary N) is 2. The average Bonchev–Trinajstić information content (AvgIpc) is 2.95. The van der Waals surface area contributed by atoms with Gasteiger partial charge < -0.3 is 20.4 Å². The van der Waals surface area contributed by atoms with Gasteiger partial charge in [0.15, 0.2) is 0 Å². The summed E-state index contributed by atoms with van der Waals surface area (Å²) >= 11 is 6.58. The molecule has 0 radical (unpaired) electrons. The zero-order valence-electron chi connectivity index (χ0n) is 15.5. The van der Waals surface area contributed by atoms with Gasteiger partial charge in [-0.1, -0.05) is 23.7 Å². The largest absolute Gasteiger partial charge is 0.365 e. The van der Waals surface area contributed by atoms with Crippen molar-refractivity contribution in [3.63, 3.8) is 0 Å². The lowest BCUT2D eigenvalue weighted by atomic mass is 10.0. The fourth-order valence-corrected chi connectivity index (χ4v) is 3.76. The molecule has 142 valence electrons. The molecule has 1 saturated heterocycles. The van der Waals surface area contributed by atoms with Gasteiger partial charge in [-0.2, -0.15) is 0 Å². The quantitative estimate of drug-likeness (QED) is 0.772. The van der Waals surface area contributed by atoms with Crippen molar-refractivity contribution in [1.29, 1.82) is 0 Å². The Hall–Kier alpha value is -1.95. The normalized spacial score (nSPS) is 19.0. The molecule has 3 rings (SSSR count). The molecule has 0 spiro atoms. The standard InChI is InChI=1S/C19H26ClFN4O/c1-19(2,3)23-18(26)24-9-7-15(8-10-24)25-12-22-16(17(25)20)13-5-4-6-14(21)11-13/h4-6,11,15,22H,7-10,12H2,1-3H3,(H,23,26). The minimum atomic E-state index is -0.280. The van der Waals surface area contributed by atoms with E-state index in [2.05, 4.69) is 15.5 Å². The van der Waals surface area contributed by atoms with E-state index in [1.807, 2.05) is 31.7 Å².